The summed E-state index contributed by atoms with van der Waals surface area (Å²) in [5.41, 5.74) is 1.45. The Hall–Kier alpha value is 0.01000. The Morgan fingerprint density at radius 1 is 1.30 bits per heavy atom. The van der Waals surface area contributed by atoms with Gasteiger partial charge in [0.1, 0.15) is 0 Å². The molecule has 0 bridgehead atoms. The normalized spacial score (nSPS) is 12.6. The molecular weight excluding hydrogens is 330 g/mol. The molecule has 1 aromatic rings. The first-order chi connectivity index (χ1) is 9.76. The third-order valence-corrected chi connectivity index (χ3v) is 4.86. The maximum atomic E-state index is 3.59. The van der Waals surface area contributed by atoms with Gasteiger partial charge in [0.2, 0.25) is 0 Å². The topological polar surface area (TPSA) is 12.0 Å². The molecular formula is C17H28BrNS. The average molecular weight is 358 g/mol. The van der Waals surface area contributed by atoms with Crippen molar-refractivity contribution in [2.45, 2.75) is 39.5 Å². The summed E-state index contributed by atoms with van der Waals surface area (Å²) in [7, 11) is 0. The maximum absolute atomic E-state index is 3.59. The third kappa shape index (κ3) is 8.33. The molecule has 114 valence electrons. The lowest BCUT2D eigenvalue weighted by atomic mass is 9.95. The Morgan fingerprint density at radius 2 is 2.15 bits per heavy atom. The molecule has 1 nitrogen and oxygen atoms in total. The molecule has 0 amide bonds. The van der Waals surface area contributed by atoms with Gasteiger partial charge in [-0.15, -0.1) is 0 Å². The van der Waals surface area contributed by atoms with Crippen LogP contribution in [0.5, 0.6) is 0 Å². The van der Waals surface area contributed by atoms with Gasteiger partial charge in [0.15, 0.2) is 0 Å². The summed E-state index contributed by atoms with van der Waals surface area (Å²) in [6.45, 7) is 6.76. The van der Waals surface area contributed by atoms with Gasteiger partial charge in [0.25, 0.3) is 0 Å². The summed E-state index contributed by atoms with van der Waals surface area (Å²) in [6.07, 6.45) is 5.07. The molecule has 1 atom stereocenters. The number of rotatable bonds is 11. The molecule has 0 radical (unpaired) electrons. The lowest BCUT2D eigenvalue weighted by molar-refractivity contribution is 0.440. The molecule has 0 saturated heterocycles. The highest BCUT2D eigenvalue weighted by Gasteiger charge is 2.09. The molecule has 0 heterocycles. The Balaban J connectivity index is 2.43. The first-order valence-electron chi connectivity index (χ1n) is 7.79. The average Bonchev–Trinajstić information content (AvgIpc) is 2.43. The fourth-order valence-electron chi connectivity index (χ4n) is 2.37. The van der Waals surface area contributed by atoms with E-state index in [1.54, 1.807) is 0 Å². The zero-order valence-corrected chi connectivity index (χ0v) is 15.2. The van der Waals surface area contributed by atoms with Crippen molar-refractivity contribution >= 4 is 27.7 Å². The maximum Gasteiger partial charge on any atom is 0.0177 e. The van der Waals surface area contributed by atoms with Crippen LogP contribution in [0.15, 0.2) is 28.7 Å². The second-order valence-corrected chi connectivity index (χ2v) is 7.55. The van der Waals surface area contributed by atoms with Gasteiger partial charge >= 0.3 is 0 Å². The van der Waals surface area contributed by atoms with Gasteiger partial charge in [0.05, 0.1) is 0 Å². The van der Waals surface area contributed by atoms with E-state index in [9.17, 15) is 0 Å². The van der Waals surface area contributed by atoms with Crippen molar-refractivity contribution in [2.24, 2.45) is 5.92 Å². The predicted molar refractivity (Wildman–Crippen MR) is 96.7 cm³/mol. The quantitative estimate of drug-likeness (QED) is 0.550. The number of nitrogens with one attached hydrogen (secondary N) is 1. The second-order valence-electron chi connectivity index (χ2n) is 5.24. The molecule has 0 fully saturated rings. The van der Waals surface area contributed by atoms with Crippen LogP contribution < -0.4 is 5.32 Å². The molecule has 20 heavy (non-hydrogen) atoms. The molecule has 3 heteroatoms. The summed E-state index contributed by atoms with van der Waals surface area (Å²) in [4.78, 5) is 0. The van der Waals surface area contributed by atoms with Gasteiger partial charge < -0.3 is 5.32 Å². The smallest absolute Gasteiger partial charge is 0.0177 e. The number of thioether (sulfide) groups is 1. The number of halogens is 1. The standard InChI is InChI=1S/C17H28BrNS/c1-3-10-19-14-16(8-6-11-20-4-2)12-15-7-5-9-17(18)13-15/h5,7,9,13,16,19H,3-4,6,8,10-12,14H2,1-2H3. The summed E-state index contributed by atoms with van der Waals surface area (Å²) in [5.74, 6) is 3.30. The SMILES string of the molecule is CCCNCC(CCCSCC)Cc1cccc(Br)c1. The van der Waals surface area contributed by atoms with E-state index in [0.29, 0.717) is 0 Å². The number of hydrogen-bond acceptors (Lipinski definition) is 2. The summed E-state index contributed by atoms with van der Waals surface area (Å²) < 4.78 is 1.19. The molecule has 0 aliphatic heterocycles. The third-order valence-electron chi connectivity index (χ3n) is 3.38. The molecule has 0 spiro atoms. The van der Waals surface area contributed by atoms with E-state index in [4.69, 9.17) is 0 Å². The molecule has 1 unspecified atom stereocenters. The van der Waals surface area contributed by atoms with E-state index in [1.807, 2.05) is 0 Å². The van der Waals surface area contributed by atoms with Crippen molar-refractivity contribution in [1.82, 2.24) is 5.32 Å². The van der Waals surface area contributed by atoms with Crippen LogP contribution in [0.3, 0.4) is 0 Å². The largest absolute Gasteiger partial charge is 0.316 e. The van der Waals surface area contributed by atoms with Crippen LogP contribution >= 0.6 is 27.7 Å². The van der Waals surface area contributed by atoms with Gasteiger partial charge in [-0.05, 0) is 73.9 Å². The molecule has 0 aliphatic carbocycles. The Kier molecular flexibility index (Phi) is 10.5. The summed E-state index contributed by atoms with van der Waals surface area (Å²) >= 11 is 5.63. The molecule has 1 N–H and O–H groups in total. The first-order valence-corrected chi connectivity index (χ1v) is 9.74. The van der Waals surface area contributed by atoms with E-state index in [-0.39, 0.29) is 0 Å². The zero-order valence-electron chi connectivity index (χ0n) is 12.8. The van der Waals surface area contributed by atoms with Crippen LogP contribution in [0.2, 0.25) is 0 Å². The van der Waals surface area contributed by atoms with Gasteiger partial charge in [-0.25, -0.2) is 0 Å². The van der Waals surface area contributed by atoms with Crippen molar-refractivity contribution in [2.75, 3.05) is 24.6 Å². The molecule has 0 aliphatic rings. The van der Waals surface area contributed by atoms with E-state index in [0.717, 1.165) is 19.0 Å². The van der Waals surface area contributed by atoms with E-state index >= 15 is 0 Å². The van der Waals surface area contributed by atoms with Crippen molar-refractivity contribution in [3.8, 4) is 0 Å². The van der Waals surface area contributed by atoms with Crippen molar-refractivity contribution in [1.29, 1.82) is 0 Å². The molecule has 1 aromatic carbocycles. The lowest BCUT2D eigenvalue weighted by Crippen LogP contribution is -2.25. The summed E-state index contributed by atoms with van der Waals surface area (Å²) in [5, 5.41) is 3.59. The second kappa shape index (κ2) is 11.6. The minimum absolute atomic E-state index is 0.758. The Morgan fingerprint density at radius 3 is 2.85 bits per heavy atom. The highest BCUT2D eigenvalue weighted by atomic mass is 79.9. The van der Waals surface area contributed by atoms with Crippen LogP contribution in [-0.4, -0.2) is 24.6 Å². The lowest BCUT2D eigenvalue weighted by Gasteiger charge is -2.18. The van der Waals surface area contributed by atoms with Gasteiger partial charge in [-0.1, -0.05) is 41.9 Å². The minimum Gasteiger partial charge on any atom is -0.316 e. The fourth-order valence-corrected chi connectivity index (χ4v) is 3.48. The molecule has 0 saturated carbocycles. The number of benzene rings is 1. The van der Waals surface area contributed by atoms with Crippen LogP contribution in [-0.2, 0) is 6.42 Å². The van der Waals surface area contributed by atoms with Crippen LogP contribution in [0, 0.1) is 5.92 Å². The van der Waals surface area contributed by atoms with Gasteiger partial charge in [0, 0.05) is 4.47 Å². The number of hydrogen-bond donors (Lipinski definition) is 1. The Labute approximate surface area is 137 Å². The van der Waals surface area contributed by atoms with E-state index in [1.165, 1.54) is 47.2 Å². The first kappa shape index (κ1) is 18.1. The zero-order chi connectivity index (χ0) is 14.6. The molecule has 0 aromatic heterocycles. The highest BCUT2D eigenvalue weighted by molar-refractivity contribution is 9.10. The van der Waals surface area contributed by atoms with Gasteiger partial charge in [-0.3, -0.25) is 0 Å². The van der Waals surface area contributed by atoms with Crippen LogP contribution in [0.1, 0.15) is 38.7 Å². The van der Waals surface area contributed by atoms with Crippen molar-refractivity contribution in [3.05, 3.63) is 34.3 Å². The van der Waals surface area contributed by atoms with Gasteiger partial charge in [-0.2, -0.15) is 11.8 Å². The van der Waals surface area contributed by atoms with Crippen LogP contribution in [0.4, 0.5) is 0 Å². The predicted octanol–water partition coefficient (Wildman–Crippen LogP) is 5.14. The Bertz CT molecular complexity index is 357. The fraction of sp³-hybridized carbons (Fsp3) is 0.647. The van der Waals surface area contributed by atoms with Crippen LogP contribution in [0.25, 0.3) is 0 Å². The van der Waals surface area contributed by atoms with Crippen molar-refractivity contribution in [3.63, 3.8) is 0 Å². The monoisotopic (exact) mass is 357 g/mol. The molecule has 1 rings (SSSR count). The van der Waals surface area contributed by atoms with E-state index in [2.05, 4.69) is 71.1 Å². The minimum atomic E-state index is 0.758. The van der Waals surface area contributed by atoms with E-state index < -0.39 is 0 Å². The highest BCUT2D eigenvalue weighted by Crippen LogP contribution is 2.18. The summed E-state index contributed by atoms with van der Waals surface area (Å²) in [6, 6.07) is 8.75. The van der Waals surface area contributed by atoms with Crippen molar-refractivity contribution < 1.29 is 0 Å².